The average Bonchev–Trinajstić information content (AvgIpc) is 2.38. The Morgan fingerprint density at radius 2 is 1.86 bits per heavy atom. The van der Waals surface area contributed by atoms with Crippen LogP contribution in [0.2, 0.25) is 0 Å². The molecule has 1 heterocycles. The first kappa shape index (κ1) is 14.8. The van der Waals surface area contributed by atoms with Crippen LogP contribution in [0.5, 0.6) is 0 Å². The Morgan fingerprint density at radius 3 is 2.38 bits per heavy atom. The highest BCUT2D eigenvalue weighted by Gasteiger charge is 2.16. The van der Waals surface area contributed by atoms with Crippen LogP contribution in [0, 0.1) is 0 Å². The summed E-state index contributed by atoms with van der Waals surface area (Å²) in [6, 6.07) is 7.15. The quantitative estimate of drug-likeness (QED) is 0.889. The number of benzene rings is 1. The van der Waals surface area contributed by atoms with Gasteiger partial charge in [-0.25, -0.2) is 14.6 Å². The van der Waals surface area contributed by atoms with Crippen molar-refractivity contribution < 1.29 is 9.53 Å². The first-order valence-electron chi connectivity index (χ1n) is 6.49. The van der Waals surface area contributed by atoms with Gasteiger partial charge in [-0.05, 0) is 38.5 Å². The maximum atomic E-state index is 11.6. The molecule has 0 radical (unpaired) electrons. The molecule has 110 valence electrons. The Kier molecular flexibility index (Phi) is 4.07. The Labute approximate surface area is 122 Å². The molecular formula is C15H17N3O3. The van der Waals surface area contributed by atoms with Gasteiger partial charge in [-0.1, -0.05) is 12.1 Å². The first-order chi connectivity index (χ1) is 9.83. The standard InChI is InChI=1S/C15H17N3O3/c1-15(2,3)21-14(20)18-12-6-4-10(5-7-12)11-8-16-13(19)17-9-11/h4-9H,1-3H3,(H,18,20)(H,16,17,19). The van der Waals surface area contributed by atoms with Gasteiger partial charge in [-0.15, -0.1) is 0 Å². The van der Waals surface area contributed by atoms with Crippen LogP contribution in [0.3, 0.4) is 0 Å². The molecule has 2 N–H and O–H groups in total. The minimum absolute atomic E-state index is 0.387. The zero-order valence-electron chi connectivity index (χ0n) is 12.1. The first-order valence-corrected chi connectivity index (χ1v) is 6.49. The monoisotopic (exact) mass is 287 g/mol. The highest BCUT2D eigenvalue weighted by Crippen LogP contribution is 2.19. The molecule has 2 rings (SSSR count). The molecule has 0 aliphatic rings. The van der Waals surface area contributed by atoms with E-state index < -0.39 is 11.7 Å². The summed E-state index contributed by atoms with van der Waals surface area (Å²) in [6.45, 7) is 5.41. The number of anilines is 1. The summed E-state index contributed by atoms with van der Waals surface area (Å²) in [5.41, 5.74) is 1.38. The molecule has 21 heavy (non-hydrogen) atoms. The number of aromatic amines is 1. The minimum atomic E-state index is -0.536. The molecule has 0 saturated heterocycles. The molecule has 6 nitrogen and oxygen atoms in total. The molecule has 0 unspecified atom stereocenters. The molecule has 0 spiro atoms. The van der Waals surface area contributed by atoms with E-state index in [2.05, 4.69) is 15.3 Å². The fourth-order valence-electron chi connectivity index (χ4n) is 1.67. The number of amides is 1. The van der Waals surface area contributed by atoms with E-state index in [0.29, 0.717) is 5.69 Å². The van der Waals surface area contributed by atoms with Crippen LogP contribution >= 0.6 is 0 Å². The maximum absolute atomic E-state index is 11.6. The van der Waals surface area contributed by atoms with Gasteiger partial charge in [0.25, 0.3) is 0 Å². The topological polar surface area (TPSA) is 84.1 Å². The van der Waals surface area contributed by atoms with Crippen molar-refractivity contribution in [1.29, 1.82) is 0 Å². The van der Waals surface area contributed by atoms with E-state index in [0.717, 1.165) is 11.1 Å². The molecule has 1 aromatic carbocycles. The largest absolute Gasteiger partial charge is 0.444 e. The van der Waals surface area contributed by atoms with Crippen LogP contribution in [0.4, 0.5) is 10.5 Å². The zero-order chi connectivity index (χ0) is 15.5. The van der Waals surface area contributed by atoms with Crippen molar-refractivity contribution in [3.8, 4) is 11.1 Å². The smallest absolute Gasteiger partial charge is 0.412 e. The van der Waals surface area contributed by atoms with Crippen LogP contribution in [-0.2, 0) is 4.74 Å². The summed E-state index contributed by atoms with van der Waals surface area (Å²) in [5.74, 6) is 0. The van der Waals surface area contributed by atoms with Crippen LogP contribution in [0.1, 0.15) is 20.8 Å². The van der Waals surface area contributed by atoms with Crippen molar-refractivity contribution in [2.75, 3.05) is 5.32 Å². The molecule has 1 aromatic heterocycles. The SMILES string of the molecule is CC(C)(C)OC(=O)Nc1ccc(-c2cnc(=O)[nH]c2)cc1. The Balaban J connectivity index is 2.07. The van der Waals surface area contributed by atoms with E-state index in [4.69, 9.17) is 4.74 Å². The lowest BCUT2D eigenvalue weighted by Crippen LogP contribution is -2.27. The number of rotatable bonds is 2. The number of hydrogen-bond donors (Lipinski definition) is 2. The molecular weight excluding hydrogens is 270 g/mol. The maximum Gasteiger partial charge on any atom is 0.412 e. The average molecular weight is 287 g/mol. The van der Waals surface area contributed by atoms with Crippen LogP contribution in [-0.4, -0.2) is 21.7 Å². The third-order valence-electron chi connectivity index (χ3n) is 2.54. The fraction of sp³-hybridized carbons (Fsp3) is 0.267. The molecule has 0 fully saturated rings. The number of hydrogen-bond acceptors (Lipinski definition) is 4. The van der Waals surface area contributed by atoms with E-state index in [9.17, 15) is 9.59 Å². The van der Waals surface area contributed by atoms with E-state index >= 15 is 0 Å². The van der Waals surface area contributed by atoms with Gasteiger partial charge in [0, 0.05) is 23.6 Å². The molecule has 1 amide bonds. The molecule has 0 bridgehead atoms. The van der Waals surface area contributed by atoms with Gasteiger partial charge in [0.15, 0.2) is 0 Å². The number of nitrogens with zero attached hydrogens (tertiary/aromatic N) is 1. The molecule has 2 aromatic rings. The van der Waals surface area contributed by atoms with Gasteiger partial charge in [-0.3, -0.25) is 5.32 Å². The highest BCUT2D eigenvalue weighted by molar-refractivity contribution is 5.85. The van der Waals surface area contributed by atoms with Crippen molar-refractivity contribution >= 4 is 11.8 Å². The van der Waals surface area contributed by atoms with Crippen LogP contribution < -0.4 is 11.0 Å². The number of nitrogens with one attached hydrogen (secondary N) is 2. The third kappa shape index (κ3) is 4.45. The molecule has 6 heteroatoms. The summed E-state index contributed by atoms with van der Waals surface area (Å²) >= 11 is 0. The predicted molar refractivity (Wildman–Crippen MR) is 80.2 cm³/mol. The zero-order valence-corrected chi connectivity index (χ0v) is 12.1. The highest BCUT2D eigenvalue weighted by atomic mass is 16.6. The number of aromatic nitrogens is 2. The summed E-state index contributed by atoms with van der Waals surface area (Å²) in [6.07, 6.45) is 2.58. The van der Waals surface area contributed by atoms with Crippen molar-refractivity contribution in [3.05, 3.63) is 47.1 Å². The number of carbonyl (C=O) groups excluding carboxylic acids is 1. The summed E-state index contributed by atoms with van der Waals surface area (Å²) < 4.78 is 5.17. The lowest BCUT2D eigenvalue weighted by molar-refractivity contribution is 0.0636. The Bertz CT molecular complexity index is 664. The van der Waals surface area contributed by atoms with Crippen LogP contribution in [0.25, 0.3) is 11.1 Å². The van der Waals surface area contributed by atoms with Gasteiger partial charge >= 0.3 is 11.8 Å². The van der Waals surface area contributed by atoms with Gasteiger partial charge in [0.2, 0.25) is 0 Å². The normalized spacial score (nSPS) is 11.0. The van der Waals surface area contributed by atoms with E-state index in [-0.39, 0.29) is 5.69 Å². The van der Waals surface area contributed by atoms with Crippen molar-refractivity contribution in [3.63, 3.8) is 0 Å². The molecule has 0 aliphatic carbocycles. The van der Waals surface area contributed by atoms with E-state index in [1.165, 1.54) is 6.20 Å². The molecule has 0 saturated carbocycles. The Hall–Kier alpha value is -2.63. The molecule has 0 atom stereocenters. The number of H-pyrrole nitrogens is 1. The Morgan fingerprint density at radius 1 is 1.19 bits per heavy atom. The van der Waals surface area contributed by atoms with E-state index in [1.807, 2.05) is 12.1 Å². The van der Waals surface area contributed by atoms with Gasteiger partial charge < -0.3 is 9.72 Å². The number of carbonyl (C=O) groups is 1. The van der Waals surface area contributed by atoms with Gasteiger partial charge in [-0.2, -0.15) is 0 Å². The molecule has 0 aliphatic heterocycles. The summed E-state index contributed by atoms with van der Waals surface area (Å²) in [5, 5.41) is 2.65. The van der Waals surface area contributed by atoms with Crippen molar-refractivity contribution in [1.82, 2.24) is 9.97 Å². The van der Waals surface area contributed by atoms with Gasteiger partial charge in [0.05, 0.1) is 0 Å². The predicted octanol–water partition coefficient (Wildman–Crippen LogP) is 2.78. The summed E-state index contributed by atoms with van der Waals surface area (Å²) in [7, 11) is 0. The fourth-order valence-corrected chi connectivity index (χ4v) is 1.67. The second kappa shape index (κ2) is 5.78. The minimum Gasteiger partial charge on any atom is -0.444 e. The number of ether oxygens (including phenoxy) is 1. The van der Waals surface area contributed by atoms with Crippen molar-refractivity contribution in [2.45, 2.75) is 26.4 Å². The second-order valence-electron chi connectivity index (χ2n) is 5.51. The van der Waals surface area contributed by atoms with Gasteiger partial charge in [0.1, 0.15) is 5.60 Å². The lowest BCUT2D eigenvalue weighted by atomic mass is 10.1. The third-order valence-corrected chi connectivity index (χ3v) is 2.54. The van der Waals surface area contributed by atoms with Crippen LogP contribution in [0.15, 0.2) is 41.5 Å². The van der Waals surface area contributed by atoms with E-state index in [1.54, 1.807) is 39.1 Å². The lowest BCUT2D eigenvalue weighted by Gasteiger charge is -2.19. The summed E-state index contributed by atoms with van der Waals surface area (Å²) in [4.78, 5) is 28.7. The second-order valence-corrected chi connectivity index (χ2v) is 5.51. The van der Waals surface area contributed by atoms with Crippen molar-refractivity contribution in [2.24, 2.45) is 0 Å².